The van der Waals surface area contributed by atoms with E-state index in [2.05, 4.69) is 10.3 Å². The van der Waals surface area contributed by atoms with Gasteiger partial charge in [0, 0.05) is 19.2 Å². The molecule has 7 nitrogen and oxygen atoms in total. The van der Waals surface area contributed by atoms with Gasteiger partial charge in [-0.25, -0.2) is 4.98 Å². The predicted octanol–water partition coefficient (Wildman–Crippen LogP) is 4.64. The summed E-state index contributed by atoms with van der Waals surface area (Å²) in [6.45, 7) is 3.69. The van der Waals surface area contributed by atoms with Crippen LogP contribution < -0.4 is 10.1 Å². The van der Waals surface area contributed by atoms with E-state index in [-0.39, 0.29) is 11.7 Å². The number of aromatic nitrogens is 1. The lowest BCUT2D eigenvalue weighted by molar-refractivity contribution is -0.117. The fraction of sp³-hybridized carbons (Fsp3) is 0.318. The van der Waals surface area contributed by atoms with E-state index >= 15 is 0 Å². The molecule has 1 fully saturated rings. The van der Waals surface area contributed by atoms with Crippen molar-refractivity contribution in [1.29, 1.82) is 5.26 Å². The molecule has 4 rings (SSSR count). The number of nitrogens with zero attached hydrogens (tertiary/aromatic N) is 2. The van der Waals surface area contributed by atoms with Crippen LogP contribution >= 0.6 is 23.1 Å². The molecule has 0 bridgehead atoms. The minimum absolute atomic E-state index is 0.00709. The molecule has 0 saturated carbocycles. The number of hydrogen-bond donors (Lipinski definition) is 1. The SMILES string of the molecule is CCOc1ccc2nc(Sc3ccc(/C=C(\C#N)C(=O)NC[C@H]4CCCO4)o3)sc2c1. The van der Waals surface area contributed by atoms with Gasteiger partial charge in [-0.1, -0.05) is 0 Å². The standard InChI is InChI=1S/C22H21N3O4S2/c1-2-27-15-5-7-18-19(11-15)30-22(25-18)31-20-8-6-16(29-20)10-14(12-23)21(26)24-13-17-4-3-9-28-17/h5-8,10-11,17H,2-4,9,13H2,1H3,(H,24,26)/b14-10+/t17-/m1/s1. The maximum atomic E-state index is 12.3. The number of hydrogen-bond acceptors (Lipinski definition) is 8. The van der Waals surface area contributed by atoms with Gasteiger partial charge >= 0.3 is 0 Å². The van der Waals surface area contributed by atoms with Crippen molar-refractivity contribution in [2.45, 2.75) is 35.3 Å². The molecule has 1 amide bonds. The van der Waals surface area contributed by atoms with Gasteiger partial charge in [-0.3, -0.25) is 4.79 Å². The van der Waals surface area contributed by atoms with E-state index in [1.807, 2.05) is 31.2 Å². The first-order chi connectivity index (χ1) is 15.1. The molecule has 31 heavy (non-hydrogen) atoms. The second-order valence-electron chi connectivity index (χ2n) is 6.82. The Morgan fingerprint density at radius 3 is 3.13 bits per heavy atom. The van der Waals surface area contributed by atoms with Gasteiger partial charge in [-0.05, 0) is 61.9 Å². The smallest absolute Gasteiger partial charge is 0.262 e. The largest absolute Gasteiger partial charge is 0.494 e. The molecule has 1 aliphatic heterocycles. The maximum Gasteiger partial charge on any atom is 0.262 e. The van der Waals surface area contributed by atoms with Crippen LogP contribution in [0.5, 0.6) is 5.75 Å². The number of nitriles is 1. The highest BCUT2D eigenvalue weighted by Crippen LogP contribution is 2.36. The molecule has 0 unspecified atom stereocenters. The summed E-state index contributed by atoms with van der Waals surface area (Å²) in [5, 5.41) is 12.7. The number of ether oxygens (including phenoxy) is 2. The molecule has 1 aromatic carbocycles. The number of amides is 1. The third-order valence-corrected chi connectivity index (χ3v) is 6.61. The average molecular weight is 456 g/mol. The van der Waals surface area contributed by atoms with Crippen LogP contribution in [-0.4, -0.2) is 36.8 Å². The van der Waals surface area contributed by atoms with Crippen LogP contribution in [0.25, 0.3) is 16.3 Å². The highest BCUT2D eigenvalue weighted by atomic mass is 32.2. The Morgan fingerprint density at radius 1 is 1.45 bits per heavy atom. The Labute approximate surface area is 188 Å². The summed E-state index contributed by atoms with van der Waals surface area (Å²) in [6, 6.07) is 11.3. The molecular formula is C22H21N3O4S2. The Morgan fingerprint density at radius 2 is 2.35 bits per heavy atom. The molecular weight excluding hydrogens is 434 g/mol. The number of thiazole rings is 1. The Balaban J connectivity index is 1.41. The minimum Gasteiger partial charge on any atom is -0.494 e. The molecule has 160 valence electrons. The quantitative estimate of drug-likeness (QED) is 0.390. The molecule has 0 spiro atoms. The second-order valence-corrected chi connectivity index (χ2v) is 9.10. The van der Waals surface area contributed by atoms with E-state index in [0.717, 1.165) is 39.8 Å². The number of carbonyl (C=O) groups excluding carboxylic acids is 1. The van der Waals surface area contributed by atoms with E-state index in [1.165, 1.54) is 17.8 Å². The zero-order valence-electron chi connectivity index (χ0n) is 16.9. The predicted molar refractivity (Wildman–Crippen MR) is 119 cm³/mol. The number of furan rings is 1. The molecule has 3 heterocycles. The molecule has 1 aliphatic rings. The summed E-state index contributed by atoms with van der Waals surface area (Å²) in [5.74, 6) is 0.827. The normalized spacial score (nSPS) is 16.4. The molecule has 1 N–H and O–H groups in total. The van der Waals surface area contributed by atoms with Gasteiger partial charge in [0.05, 0.1) is 22.9 Å². The first-order valence-corrected chi connectivity index (χ1v) is 11.6. The number of carbonyl (C=O) groups is 1. The summed E-state index contributed by atoms with van der Waals surface area (Å²) in [5.41, 5.74) is 0.893. The van der Waals surface area contributed by atoms with Gasteiger partial charge in [-0.2, -0.15) is 5.26 Å². The first kappa shape index (κ1) is 21.4. The maximum absolute atomic E-state index is 12.3. The van der Waals surface area contributed by atoms with Crippen molar-refractivity contribution in [3.63, 3.8) is 0 Å². The summed E-state index contributed by atoms with van der Waals surface area (Å²) < 4.78 is 18.7. The van der Waals surface area contributed by atoms with Crippen molar-refractivity contribution in [2.75, 3.05) is 19.8 Å². The van der Waals surface area contributed by atoms with E-state index in [4.69, 9.17) is 13.9 Å². The Kier molecular flexibility index (Phi) is 6.92. The van der Waals surface area contributed by atoms with Crippen LogP contribution in [0.4, 0.5) is 0 Å². The Hall–Kier alpha value is -2.80. The van der Waals surface area contributed by atoms with Crippen LogP contribution in [-0.2, 0) is 9.53 Å². The van der Waals surface area contributed by atoms with Crippen LogP contribution in [0.15, 0.2) is 49.8 Å². The average Bonchev–Trinajstić information content (AvgIpc) is 3.51. The van der Waals surface area contributed by atoms with Crippen LogP contribution in [0.1, 0.15) is 25.5 Å². The molecule has 1 atom stereocenters. The monoisotopic (exact) mass is 455 g/mol. The third kappa shape index (κ3) is 5.47. The Bertz CT molecular complexity index is 1140. The van der Waals surface area contributed by atoms with Crippen LogP contribution in [0.3, 0.4) is 0 Å². The number of benzene rings is 1. The number of rotatable bonds is 8. The lowest BCUT2D eigenvalue weighted by atomic mass is 10.2. The van der Waals surface area contributed by atoms with Gasteiger partial charge in [-0.15, -0.1) is 11.3 Å². The number of fused-ring (bicyclic) bond motifs is 1. The van der Waals surface area contributed by atoms with E-state index in [9.17, 15) is 10.1 Å². The lowest BCUT2D eigenvalue weighted by Crippen LogP contribution is -2.32. The van der Waals surface area contributed by atoms with Gasteiger partial charge < -0.3 is 19.2 Å². The molecule has 2 aromatic heterocycles. The van der Waals surface area contributed by atoms with E-state index in [0.29, 0.717) is 24.0 Å². The lowest BCUT2D eigenvalue weighted by Gasteiger charge is -2.09. The molecule has 9 heteroatoms. The number of nitrogens with one attached hydrogen (secondary N) is 1. The van der Waals surface area contributed by atoms with Crippen LogP contribution in [0, 0.1) is 11.3 Å². The highest BCUT2D eigenvalue weighted by Gasteiger charge is 2.18. The zero-order valence-corrected chi connectivity index (χ0v) is 18.6. The molecule has 1 saturated heterocycles. The summed E-state index contributed by atoms with van der Waals surface area (Å²) >= 11 is 2.95. The molecule has 3 aromatic rings. The van der Waals surface area contributed by atoms with Crippen molar-refractivity contribution in [2.24, 2.45) is 0 Å². The van der Waals surface area contributed by atoms with Gasteiger partial charge in [0.2, 0.25) is 0 Å². The molecule has 0 radical (unpaired) electrons. The van der Waals surface area contributed by atoms with Gasteiger partial charge in [0.1, 0.15) is 23.2 Å². The summed E-state index contributed by atoms with van der Waals surface area (Å²) in [7, 11) is 0. The summed E-state index contributed by atoms with van der Waals surface area (Å²) in [4.78, 5) is 16.9. The summed E-state index contributed by atoms with van der Waals surface area (Å²) in [6.07, 6.45) is 3.38. The van der Waals surface area contributed by atoms with E-state index in [1.54, 1.807) is 23.5 Å². The highest BCUT2D eigenvalue weighted by molar-refractivity contribution is 8.01. The van der Waals surface area contributed by atoms with Crippen molar-refractivity contribution in [1.82, 2.24) is 10.3 Å². The van der Waals surface area contributed by atoms with Gasteiger partial charge in [0.25, 0.3) is 5.91 Å². The third-order valence-electron chi connectivity index (χ3n) is 4.61. The zero-order chi connectivity index (χ0) is 21.6. The fourth-order valence-electron chi connectivity index (χ4n) is 3.13. The van der Waals surface area contributed by atoms with Crippen molar-refractivity contribution >= 4 is 45.3 Å². The van der Waals surface area contributed by atoms with Crippen molar-refractivity contribution in [3.05, 3.63) is 41.7 Å². The minimum atomic E-state index is -0.431. The first-order valence-electron chi connectivity index (χ1n) is 9.97. The van der Waals surface area contributed by atoms with Crippen LogP contribution in [0.2, 0.25) is 0 Å². The van der Waals surface area contributed by atoms with Crippen molar-refractivity contribution in [3.8, 4) is 11.8 Å². The van der Waals surface area contributed by atoms with Crippen molar-refractivity contribution < 1.29 is 18.7 Å². The second kappa shape index (κ2) is 10.0. The van der Waals surface area contributed by atoms with E-state index < -0.39 is 5.91 Å². The molecule has 0 aliphatic carbocycles. The van der Waals surface area contributed by atoms with Gasteiger partial charge in [0.15, 0.2) is 9.43 Å². The fourth-order valence-corrected chi connectivity index (χ4v) is 5.13. The topological polar surface area (TPSA) is 97.4 Å².